The lowest BCUT2D eigenvalue weighted by Gasteiger charge is -2.35. The van der Waals surface area contributed by atoms with Gasteiger partial charge in [0.2, 0.25) is 0 Å². The van der Waals surface area contributed by atoms with E-state index in [0.29, 0.717) is 5.33 Å². The predicted molar refractivity (Wildman–Crippen MR) is 88.8 cm³/mol. The summed E-state index contributed by atoms with van der Waals surface area (Å²) in [6.07, 6.45) is 0.284. The van der Waals surface area contributed by atoms with Crippen LogP contribution in [0.3, 0.4) is 0 Å². The second-order valence-electron chi connectivity index (χ2n) is 5.16. The summed E-state index contributed by atoms with van der Waals surface area (Å²) in [4.78, 5) is 24.8. The third-order valence-corrected chi connectivity index (χ3v) is 4.58. The fourth-order valence-electron chi connectivity index (χ4n) is 2.80. The highest BCUT2D eigenvalue weighted by Gasteiger charge is 2.55. The molecule has 0 aliphatic rings. The van der Waals surface area contributed by atoms with Crippen LogP contribution in [0.2, 0.25) is 0 Å². The van der Waals surface area contributed by atoms with E-state index in [-0.39, 0.29) is 6.42 Å². The van der Waals surface area contributed by atoms with Crippen LogP contribution in [0.15, 0.2) is 30.3 Å². The minimum absolute atomic E-state index is 0.284. The van der Waals surface area contributed by atoms with E-state index in [1.54, 1.807) is 6.92 Å². The van der Waals surface area contributed by atoms with Crippen molar-refractivity contribution >= 4 is 27.9 Å². The number of nitrogens with zero attached hydrogens (tertiary/aromatic N) is 1. The second-order valence-corrected chi connectivity index (χ2v) is 5.95. The van der Waals surface area contributed by atoms with Crippen molar-refractivity contribution in [2.45, 2.75) is 19.3 Å². The van der Waals surface area contributed by atoms with Gasteiger partial charge >= 0.3 is 11.9 Å². The van der Waals surface area contributed by atoms with Gasteiger partial charge in [-0.25, -0.2) is 0 Å². The maximum absolute atomic E-state index is 12.5. The lowest BCUT2D eigenvalue weighted by atomic mass is 9.64. The highest BCUT2D eigenvalue weighted by atomic mass is 79.9. The first-order valence-corrected chi connectivity index (χ1v) is 8.30. The number of halogens is 1. The largest absolute Gasteiger partial charge is 0.469 e. The Balaban J connectivity index is 3.51. The molecule has 23 heavy (non-hydrogen) atoms. The van der Waals surface area contributed by atoms with E-state index in [4.69, 9.17) is 9.47 Å². The van der Waals surface area contributed by atoms with Crippen molar-refractivity contribution in [1.82, 2.24) is 0 Å². The fourth-order valence-corrected chi connectivity index (χ4v) is 3.26. The number of hydrogen-bond acceptors (Lipinski definition) is 5. The number of nitriles is 1. The molecule has 124 valence electrons. The number of carbonyl (C=O) groups excluding carboxylic acids is 2. The van der Waals surface area contributed by atoms with E-state index in [9.17, 15) is 14.9 Å². The zero-order valence-electron chi connectivity index (χ0n) is 13.4. The molecule has 0 aliphatic carbocycles. The van der Waals surface area contributed by atoms with Crippen LogP contribution in [0.4, 0.5) is 0 Å². The summed E-state index contributed by atoms with van der Waals surface area (Å²) < 4.78 is 9.72. The SMILES string of the molecule is COC(=O)C(CCBr)C(C#N)(C(=O)OC)C(C)c1ccccc1. The standard InChI is InChI=1S/C17H20BrNO4/c1-12(13-7-5-4-6-8-13)17(11-19,16(21)23-3)14(9-10-18)15(20)22-2/h4-8,12,14H,9-10H2,1-3H3. The van der Waals surface area contributed by atoms with E-state index >= 15 is 0 Å². The smallest absolute Gasteiger partial charge is 0.327 e. The number of methoxy groups -OCH3 is 2. The van der Waals surface area contributed by atoms with Gasteiger partial charge in [0.15, 0.2) is 5.41 Å². The first-order chi connectivity index (χ1) is 11.0. The highest BCUT2D eigenvalue weighted by molar-refractivity contribution is 9.09. The van der Waals surface area contributed by atoms with Gasteiger partial charge < -0.3 is 9.47 Å². The molecule has 3 unspecified atom stereocenters. The van der Waals surface area contributed by atoms with Crippen LogP contribution in [0.1, 0.15) is 24.8 Å². The van der Waals surface area contributed by atoms with E-state index in [1.807, 2.05) is 30.3 Å². The number of benzene rings is 1. The third kappa shape index (κ3) is 3.73. The number of hydrogen-bond donors (Lipinski definition) is 0. The van der Waals surface area contributed by atoms with Gasteiger partial charge in [0.05, 0.1) is 26.2 Å². The summed E-state index contributed by atoms with van der Waals surface area (Å²) in [6, 6.07) is 11.2. The average molecular weight is 382 g/mol. The Kier molecular flexibility index (Phi) is 7.24. The quantitative estimate of drug-likeness (QED) is 0.535. The van der Waals surface area contributed by atoms with Crippen molar-refractivity contribution < 1.29 is 19.1 Å². The lowest BCUT2D eigenvalue weighted by Crippen LogP contribution is -2.46. The predicted octanol–water partition coefficient (Wildman–Crippen LogP) is 3.05. The minimum Gasteiger partial charge on any atom is -0.469 e. The molecule has 0 bridgehead atoms. The van der Waals surface area contributed by atoms with Gasteiger partial charge in [-0.1, -0.05) is 53.2 Å². The molecule has 0 heterocycles. The van der Waals surface area contributed by atoms with Crippen LogP contribution in [-0.4, -0.2) is 31.5 Å². The summed E-state index contributed by atoms with van der Waals surface area (Å²) in [5.74, 6) is -2.80. The highest BCUT2D eigenvalue weighted by Crippen LogP contribution is 2.45. The topological polar surface area (TPSA) is 76.4 Å². The maximum Gasteiger partial charge on any atom is 0.327 e. The molecule has 1 aromatic carbocycles. The van der Waals surface area contributed by atoms with E-state index in [2.05, 4.69) is 22.0 Å². The molecule has 0 saturated carbocycles. The molecule has 0 radical (unpaired) electrons. The molecule has 3 atom stereocenters. The van der Waals surface area contributed by atoms with E-state index in [1.165, 1.54) is 14.2 Å². The van der Waals surface area contributed by atoms with Crippen molar-refractivity contribution in [2.75, 3.05) is 19.5 Å². The summed E-state index contributed by atoms with van der Waals surface area (Å²) >= 11 is 3.28. The van der Waals surface area contributed by atoms with Crippen molar-refractivity contribution in [2.24, 2.45) is 11.3 Å². The summed E-state index contributed by atoms with van der Waals surface area (Å²) in [6.45, 7) is 1.75. The Morgan fingerprint density at radius 2 is 1.87 bits per heavy atom. The molecule has 0 aromatic heterocycles. The van der Waals surface area contributed by atoms with Crippen molar-refractivity contribution in [1.29, 1.82) is 5.26 Å². The van der Waals surface area contributed by atoms with Crippen molar-refractivity contribution in [3.05, 3.63) is 35.9 Å². The van der Waals surface area contributed by atoms with Crippen LogP contribution in [0.5, 0.6) is 0 Å². The Hall–Kier alpha value is -1.87. The molecule has 1 aromatic rings. The molecular formula is C17H20BrNO4. The molecule has 1 rings (SSSR count). The van der Waals surface area contributed by atoms with Gasteiger partial charge in [0.25, 0.3) is 0 Å². The van der Waals surface area contributed by atoms with Crippen LogP contribution >= 0.6 is 15.9 Å². The summed E-state index contributed by atoms with van der Waals surface area (Å²) in [7, 11) is 2.46. The van der Waals surface area contributed by atoms with Gasteiger partial charge in [-0.05, 0) is 12.0 Å². The molecule has 0 saturated heterocycles. The number of rotatable bonds is 7. The molecular weight excluding hydrogens is 362 g/mol. The van der Waals surface area contributed by atoms with Crippen LogP contribution in [-0.2, 0) is 19.1 Å². The second kappa shape index (κ2) is 8.68. The van der Waals surface area contributed by atoms with Crippen molar-refractivity contribution in [3.8, 4) is 6.07 Å². The van der Waals surface area contributed by atoms with Crippen LogP contribution in [0.25, 0.3) is 0 Å². The summed E-state index contributed by atoms with van der Waals surface area (Å²) in [5.41, 5.74) is -0.875. The van der Waals surface area contributed by atoms with Crippen molar-refractivity contribution in [3.63, 3.8) is 0 Å². The number of alkyl halides is 1. The Morgan fingerprint density at radius 3 is 2.30 bits per heavy atom. The van der Waals surface area contributed by atoms with Gasteiger partial charge in [-0.3, -0.25) is 9.59 Å². The van der Waals surface area contributed by atoms with Gasteiger partial charge in [0, 0.05) is 11.2 Å². The van der Waals surface area contributed by atoms with E-state index in [0.717, 1.165) is 5.56 Å². The zero-order chi connectivity index (χ0) is 17.5. The Bertz CT molecular complexity index is 584. The molecule has 5 nitrogen and oxygen atoms in total. The molecule has 0 fully saturated rings. The molecule has 6 heteroatoms. The molecule has 0 aliphatic heterocycles. The van der Waals surface area contributed by atoms with E-state index < -0.39 is 29.2 Å². The Labute approximate surface area is 144 Å². The Morgan fingerprint density at radius 1 is 1.26 bits per heavy atom. The summed E-state index contributed by atoms with van der Waals surface area (Å²) in [5, 5.41) is 10.3. The average Bonchev–Trinajstić information content (AvgIpc) is 2.61. The molecule has 0 N–H and O–H groups in total. The van der Waals surface area contributed by atoms with Gasteiger partial charge in [-0.15, -0.1) is 0 Å². The lowest BCUT2D eigenvalue weighted by molar-refractivity contribution is -0.164. The van der Waals surface area contributed by atoms with Crippen LogP contribution < -0.4 is 0 Å². The first-order valence-electron chi connectivity index (χ1n) is 7.17. The monoisotopic (exact) mass is 381 g/mol. The zero-order valence-corrected chi connectivity index (χ0v) is 15.0. The van der Waals surface area contributed by atoms with Crippen LogP contribution in [0, 0.1) is 22.7 Å². The fraction of sp³-hybridized carbons (Fsp3) is 0.471. The van der Waals surface area contributed by atoms with Gasteiger partial charge in [-0.2, -0.15) is 5.26 Å². The molecule has 0 amide bonds. The minimum atomic E-state index is -1.66. The third-order valence-electron chi connectivity index (χ3n) is 4.12. The number of ether oxygens (including phenoxy) is 2. The number of esters is 2. The number of carbonyl (C=O) groups is 2. The maximum atomic E-state index is 12.5. The first kappa shape index (κ1) is 19.2. The van der Waals surface area contributed by atoms with Gasteiger partial charge in [0.1, 0.15) is 0 Å². The normalized spacial score (nSPS) is 15.6. The molecule has 0 spiro atoms.